The van der Waals surface area contributed by atoms with E-state index in [4.69, 9.17) is 4.98 Å². The molecule has 3 saturated carbocycles. The van der Waals surface area contributed by atoms with E-state index in [1.165, 1.54) is 37.8 Å². The molecule has 0 spiro atoms. The fraction of sp³-hybridized carbons (Fsp3) is 0.432. The van der Waals surface area contributed by atoms with Gasteiger partial charge in [-0.25, -0.2) is 4.98 Å². The van der Waals surface area contributed by atoms with Crippen LogP contribution in [0, 0.1) is 11.8 Å². The minimum Gasteiger partial charge on any atom is -0.405 e. The first-order valence-corrected chi connectivity index (χ1v) is 17.3. The van der Waals surface area contributed by atoms with Crippen molar-refractivity contribution in [2.45, 2.75) is 88.8 Å². The van der Waals surface area contributed by atoms with Gasteiger partial charge in [-0.15, -0.1) is 13.2 Å². The van der Waals surface area contributed by atoms with Gasteiger partial charge in [-0.3, -0.25) is 9.89 Å². The van der Waals surface area contributed by atoms with E-state index in [1.54, 1.807) is 30.3 Å². The van der Waals surface area contributed by atoms with Crippen LogP contribution in [0.3, 0.4) is 0 Å². The molecule has 256 valence electrons. The summed E-state index contributed by atoms with van der Waals surface area (Å²) in [7, 11) is 0. The monoisotopic (exact) mass is 672 g/mol. The number of aromatic nitrogens is 4. The molecule has 3 aliphatic rings. The Bertz CT molecular complexity index is 1990. The summed E-state index contributed by atoms with van der Waals surface area (Å²) in [5.74, 6) is 2.15. The minimum atomic E-state index is -4.83. The van der Waals surface area contributed by atoms with Crippen molar-refractivity contribution in [1.29, 1.82) is 0 Å². The van der Waals surface area contributed by atoms with E-state index in [9.17, 15) is 23.1 Å². The Kier molecular flexibility index (Phi) is 8.21. The second-order valence-corrected chi connectivity index (χ2v) is 13.9. The van der Waals surface area contributed by atoms with E-state index in [2.05, 4.69) is 30.1 Å². The van der Waals surface area contributed by atoms with Crippen LogP contribution in [-0.2, 0) is 0 Å². The van der Waals surface area contributed by atoms with Gasteiger partial charge in [0.2, 0.25) is 5.95 Å². The van der Waals surface area contributed by atoms with Crippen LogP contribution in [-0.4, -0.2) is 49.3 Å². The van der Waals surface area contributed by atoms with E-state index < -0.39 is 6.36 Å². The Balaban J connectivity index is 1.10. The number of fused-ring (bicyclic) bond motifs is 2. The number of amides is 1. The molecule has 0 radical (unpaired) electrons. The number of alkyl halides is 3. The Morgan fingerprint density at radius 1 is 0.939 bits per heavy atom. The first-order valence-electron chi connectivity index (χ1n) is 17.3. The summed E-state index contributed by atoms with van der Waals surface area (Å²) in [5.41, 5.74) is 3.61. The Hall–Kier alpha value is -4.58. The van der Waals surface area contributed by atoms with Gasteiger partial charge >= 0.3 is 6.36 Å². The predicted molar refractivity (Wildman–Crippen MR) is 181 cm³/mol. The fourth-order valence-electron chi connectivity index (χ4n) is 8.07. The molecule has 1 amide bonds. The van der Waals surface area contributed by atoms with Gasteiger partial charge in [-0.2, -0.15) is 5.10 Å². The molecule has 2 unspecified atom stereocenters. The molecule has 2 atom stereocenters. The van der Waals surface area contributed by atoms with Crippen molar-refractivity contribution in [3.05, 3.63) is 66.2 Å². The molecule has 8 rings (SSSR count). The number of benzene rings is 3. The number of ether oxygens (including phenoxy) is 1. The quantitative estimate of drug-likeness (QED) is 0.132. The Morgan fingerprint density at radius 3 is 2.53 bits per heavy atom. The number of nitrogens with one attached hydrogen (secondary N) is 3. The lowest BCUT2D eigenvalue weighted by atomic mass is 9.75. The molecule has 12 heteroatoms. The standard InChI is InChI=1S/C37H39F3N6O3/c38-37(39,40)49-33-7-2-1-6-28(33)23-9-16-30-29(19-23)34(45-44-30)43-36-42-31-20-24(10-17-32(31)46(36)26-12-14-27(47)15-13-26)35(48)41-25-11-8-22(18-25)21-4-3-5-21/h1-2,6-7,9-10,16-17,19-22,25-27,47H,3-5,8,11-15,18H2,(H,41,48)(H2,42,43,44,45). The third-order valence-electron chi connectivity index (χ3n) is 10.8. The van der Waals surface area contributed by atoms with Gasteiger partial charge in [0.15, 0.2) is 5.82 Å². The lowest BCUT2D eigenvalue weighted by Crippen LogP contribution is -2.33. The molecule has 9 nitrogen and oxygen atoms in total. The lowest BCUT2D eigenvalue weighted by Gasteiger charge is -2.31. The van der Waals surface area contributed by atoms with Gasteiger partial charge in [0.25, 0.3) is 5.91 Å². The van der Waals surface area contributed by atoms with Gasteiger partial charge in [0, 0.05) is 28.6 Å². The van der Waals surface area contributed by atoms with Gasteiger partial charge in [0.1, 0.15) is 5.75 Å². The summed E-state index contributed by atoms with van der Waals surface area (Å²) in [4.78, 5) is 18.4. The molecule has 49 heavy (non-hydrogen) atoms. The zero-order chi connectivity index (χ0) is 33.7. The van der Waals surface area contributed by atoms with Crippen molar-refractivity contribution in [2.24, 2.45) is 11.8 Å². The SMILES string of the molecule is O=C(NC1CCC(C2CCC2)C1)c1ccc2c(c1)nc(Nc1n[nH]c3ccc(-c4ccccc4OC(F)(F)F)cc13)n2C1CCC(O)CC1. The first-order chi connectivity index (χ1) is 23.7. The van der Waals surface area contributed by atoms with Crippen molar-refractivity contribution in [3.8, 4) is 16.9 Å². The number of rotatable bonds is 8. The van der Waals surface area contributed by atoms with Crippen LogP contribution in [0.25, 0.3) is 33.1 Å². The third kappa shape index (κ3) is 6.46. The maximum absolute atomic E-state index is 13.4. The van der Waals surface area contributed by atoms with Crippen molar-refractivity contribution in [3.63, 3.8) is 0 Å². The van der Waals surface area contributed by atoms with Crippen LogP contribution in [0.4, 0.5) is 24.9 Å². The molecule has 0 saturated heterocycles. The summed E-state index contributed by atoms with van der Waals surface area (Å²) in [6.45, 7) is 0. The lowest BCUT2D eigenvalue weighted by molar-refractivity contribution is -0.274. The largest absolute Gasteiger partial charge is 0.573 e. The molecular formula is C37H39F3N6O3. The third-order valence-corrected chi connectivity index (χ3v) is 10.8. The number of carbonyl (C=O) groups excluding carboxylic acids is 1. The first kappa shape index (κ1) is 31.7. The van der Waals surface area contributed by atoms with Crippen LogP contribution in [0.2, 0.25) is 0 Å². The predicted octanol–water partition coefficient (Wildman–Crippen LogP) is 8.40. The van der Waals surface area contributed by atoms with Gasteiger partial charge < -0.3 is 25.0 Å². The summed E-state index contributed by atoms with van der Waals surface area (Å²) >= 11 is 0. The zero-order valence-corrected chi connectivity index (χ0v) is 27.0. The van der Waals surface area contributed by atoms with E-state index in [0.717, 1.165) is 43.0 Å². The van der Waals surface area contributed by atoms with Gasteiger partial charge in [-0.1, -0.05) is 43.5 Å². The molecule has 3 aliphatic carbocycles. The summed E-state index contributed by atoms with van der Waals surface area (Å²) in [6, 6.07) is 17.2. The van der Waals surface area contributed by atoms with Crippen LogP contribution in [0.5, 0.6) is 5.75 Å². The number of halogens is 3. The highest BCUT2D eigenvalue weighted by Crippen LogP contribution is 2.42. The van der Waals surface area contributed by atoms with Gasteiger partial charge in [0.05, 0.1) is 22.7 Å². The van der Waals surface area contributed by atoms with Crippen molar-refractivity contribution < 1.29 is 27.8 Å². The highest BCUT2D eigenvalue weighted by Gasteiger charge is 2.35. The van der Waals surface area contributed by atoms with Crippen LogP contribution >= 0.6 is 0 Å². The number of para-hydroxylation sites is 1. The van der Waals surface area contributed by atoms with E-state index in [0.29, 0.717) is 57.7 Å². The average molecular weight is 673 g/mol. The second-order valence-electron chi connectivity index (χ2n) is 13.9. The molecule has 4 N–H and O–H groups in total. The van der Waals surface area contributed by atoms with Crippen molar-refractivity contribution in [1.82, 2.24) is 25.1 Å². The number of aliphatic hydroxyl groups is 1. The molecule has 5 aromatic rings. The molecule has 0 bridgehead atoms. The number of aliphatic hydroxyl groups excluding tert-OH is 1. The second kappa shape index (κ2) is 12.7. The van der Waals surface area contributed by atoms with E-state index >= 15 is 0 Å². The Labute approximate surface area is 281 Å². The highest BCUT2D eigenvalue weighted by atomic mass is 19.4. The normalized spacial score (nSPS) is 23.1. The number of hydrogen-bond acceptors (Lipinski definition) is 6. The van der Waals surface area contributed by atoms with Crippen molar-refractivity contribution in [2.75, 3.05) is 5.32 Å². The number of imidazole rings is 1. The molecule has 0 aliphatic heterocycles. The average Bonchev–Trinajstić information content (AvgIpc) is 3.77. The topological polar surface area (TPSA) is 117 Å². The van der Waals surface area contributed by atoms with Crippen LogP contribution < -0.4 is 15.4 Å². The smallest absolute Gasteiger partial charge is 0.405 e. The molecule has 3 fully saturated rings. The van der Waals surface area contributed by atoms with Crippen LogP contribution in [0.1, 0.15) is 80.6 Å². The number of nitrogens with zero attached hydrogens (tertiary/aromatic N) is 3. The van der Waals surface area contributed by atoms with Crippen molar-refractivity contribution >= 4 is 39.6 Å². The summed E-state index contributed by atoms with van der Waals surface area (Å²) in [6.07, 6.45) is 4.91. The number of hydrogen-bond donors (Lipinski definition) is 4. The van der Waals surface area contributed by atoms with Crippen LogP contribution in [0.15, 0.2) is 60.7 Å². The molecular weight excluding hydrogens is 633 g/mol. The Morgan fingerprint density at radius 2 is 1.76 bits per heavy atom. The maximum atomic E-state index is 13.4. The molecule has 2 heterocycles. The molecule has 3 aromatic carbocycles. The maximum Gasteiger partial charge on any atom is 0.573 e. The number of carbonyl (C=O) groups is 1. The molecule has 2 aromatic heterocycles. The zero-order valence-electron chi connectivity index (χ0n) is 27.0. The van der Waals surface area contributed by atoms with Gasteiger partial charge in [-0.05, 0) is 98.7 Å². The number of aromatic amines is 1. The number of H-pyrrole nitrogens is 1. The van der Waals surface area contributed by atoms with E-state index in [-0.39, 0.29) is 29.8 Å². The minimum absolute atomic E-state index is 0.0599. The van der Waals surface area contributed by atoms with E-state index in [1.807, 2.05) is 18.2 Å². The highest BCUT2D eigenvalue weighted by molar-refractivity contribution is 5.99. The number of anilines is 2. The fourth-order valence-corrected chi connectivity index (χ4v) is 8.07. The summed E-state index contributed by atoms with van der Waals surface area (Å²) in [5, 5.41) is 25.1. The summed E-state index contributed by atoms with van der Waals surface area (Å²) < 4.78 is 46.0.